The van der Waals surface area contributed by atoms with Crippen LogP contribution in [0.3, 0.4) is 0 Å². The molecule has 2 fully saturated rings. The molecule has 2 bridgehead atoms. The average Bonchev–Trinajstić information content (AvgIpc) is 3.46. The molecule has 2 aromatic carbocycles. The highest BCUT2D eigenvalue weighted by atomic mass is 79.9. The fraction of sp³-hybridized carbons (Fsp3) is 0.370. The Morgan fingerprint density at radius 2 is 1.90 bits per heavy atom. The summed E-state index contributed by atoms with van der Waals surface area (Å²) in [6.45, 7) is 3.60. The van der Waals surface area contributed by atoms with Crippen LogP contribution in [0.1, 0.15) is 47.3 Å². The van der Waals surface area contributed by atoms with Crippen LogP contribution in [0.2, 0.25) is 0 Å². The Hall–Kier alpha value is -3.93. The van der Waals surface area contributed by atoms with Gasteiger partial charge in [-0.1, -0.05) is 0 Å². The van der Waals surface area contributed by atoms with Crippen LogP contribution in [0.5, 0.6) is 17.2 Å². The summed E-state index contributed by atoms with van der Waals surface area (Å²) in [4.78, 5) is 52.6. The summed E-state index contributed by atoms with van der Waals surface area (Å²) >= 11 is 3.44. The second-order valence-electron chi connectivity index (χ2n) is 10.1. The van der Waals surface area contributed by atoms with Gasteiger partial charge >= 0.3 is 11.7 Å². The summed E-state index contributed by atoms with van der Waals surface area (Å²) in [5.74, 6) is 0.515. The number of primary amides is 1. The van der Waals surface area contributed by atoms with Crippen molar-refractivity contribution in [2.45, 2.75) is 45.6 Å². The number of nitrogens with two attached hydrogens (primary N) is 1. The molecule has 0 radical (unpaired) electrons. The number of benzene rings is 2. The molecule has 3 N–H and O–H groups in total. The van der Waals surface area contributed by atoms with Gasteiger partial charge in [0.05, 0.1) is 22.7 Å². The third-order valence-electron chi connectivity index (χ3n) is 7.61. The van der Waals surface area contributed by atoms with E-state index in [0.29, 0.717) is 53.3 Å². The number of H-pyrrole nitrogens is 1. The predicted molar refractivity (Wildman–Crippen MR) is 143 cm³/mol. The Balaban J connectivity index is 1.44. The Labute approximate surface area is 231 Å². The Kier molecular flexibility index (Phi) is 6.83. The first kappa shape index (κ1) is 26.7. The van der Waals surface area contributed by atoms with Crippen molar-refractivity contribution in [2.24, 2.45) is 17.1 Å². The van der Waals surface area contributed by atoms with Gasteiger partial charge < -0.3 is 19.9 Å². The topological polar surface area (TPSA) is 156 Å². The number of methoxy groups -OCH3 is 1. The van der Waals surface area contributed by atoms with E-state index in [4.69, 9.17) is 19.9 Å². The van der Waals surface area contributed by atoms with Gasteiger partial charge in [0.2, 0.25) is 11.6 Å². The lowest BCUT2D eigenvalue weighted by atomic mass is 9.81. The van der Waals surface area contributed by atoms with E-state index >= 15 is 0 Å². The zero-order chi connectivity index (χ0) is 28.1. The molecule has 1 amide bonds. The van der Waals surface area contributed by atoms with E-state index in [2.05, 4.69) is 26.0 Å². The molecular formula is C27H27BrN4O7. The Bertz CT molecular complexity index is 1590. The summed E-state index contributed by atoms with van der Waals surface area (Å²) in [5, 5.41) is 4.05. The number of aryl methyl sites for hydroxylation is 2. The van der Waals surface area contributed by atoms with Crippen LogP contribution in [0.4, 0.5) is 0 Å². The smallest absolute Gasteiger partial charge is 0.364 e. The maximum Gasteiger partial charge on any atom is 0.364 e. The number of halogens is 1. The van der Waals surface area contributed by atoms with Gasteiger partial charge in [0.15, 0.2) is 0 Å². The second kappa shape index (κ2) is 9.99. The van der Waals surface area contributed by atoms with Gasteiger partial charge in [-0.2, -0.15) is 9.78 Å². The fourth-order valence-corrected chi connectivity index (χ4v) is 6.20. The number of amides is 1. The van der Waals surface area contributed by atoms with E-state index in [1.165, 1.54) is 0 Å². The lowest BCUT2D eigenvalue weighted by Gasteiger charge is -2.31. The molecule has 0 aliphatic heterocycles. The predicted octanol–water partition coefficient (Wildman–Crippen LogP) is 3.30. The maximum atomic E-state index is 13.0. The Morgan fingerprint density at radius 1 is 1.18 bits per heavy atom. The van der Waals surface area contributed by atoms with E-state index < -0.39 is 40.3 Å². The summed E-state index contributed by atoms with van der Waals surface area (Å²) < 4.78 is 18.6. The number of carbonyl (C=O) groups is 2. The van der Waals surface area contributed by atoms with E-state index in [1.54, 1.807) is 51.3 Å². The first-order valence-electron chi connectivity index (χ1n) is 12.4. The highest BCUT2D eigenvalue weighted by molar-refractivity contribution is 9.10. The molecule has 2 aliphatic carbocycles. The second-order valence-corrected chi connectivity index (χ2v) is 10.9. The number of ether oxygens (including phenoxy) is 3. The molecule has 5 rings (SSSR count). The molecule has 1 heterocycles. The van der Waals surface area contributed by atoms with Crippen molar-refractivity contribution in [3.05, 3.63) is 72.5 Å². The van der Waals surface area contributed by atoms with Crippen molar-refractivity contribution in [1.29, 1.82) is 0 Å². The maximum absolute atomic E-state index is 13.0. The SMILES string of the molecule is COc1ccc(Oc2c(C)cc(-n3nc(C(=O)OC4CC5CCC4(C(N)=O)C5)c(=O)[nH]c3=O)cc2C)cc1Br. The minimum absolute atomic E-state index is 0.237. The number of esters is 1. The number of hydrogen-bond donors (Lipinski definition) is 2. The number of aromatic nitrogens is 3. The zero-order valence-electron chi connectivity index (χ0n) is 21.6. The van der Waals surface area contributed by atoms with E-state index in [9.17, 15) is 19.2 Å². The van der Waals surface area contributed by atoms with E-state index in [1.807, 2.05) is 0 Å². The van der Waals surface area contributed by atoms with Crippen LogP contribution < -0.4 is 26.5 Å². The van der Waals surface area contributed by atoms with Gasteiger partial charge in [0.25, 0.3) is 5.56 Å². The summed E-state index contributed by atoms with van der Waals surface area (Å²) in [6.07, 6.45) is 1.70. The van der Waals surface area contributed by atoms with Crippen molar-refractivity contribution in [3.8, 4) is 22.9 Å². The molecule has 3 aromatic rings. The van der Waals surface area contributed by atoms with E-state index in [0.717, 1.165) is 15.6 Å². The molecule has 1 aromatic heterocycles. The van der Waals surface area contributed by atoms with Crippen LogP contribution in [0.15, 0.2) is 44.4 Å². The van der Waals surface area contributed by atoms with Crippen LogP contribution in [-0.4, -0.2) is 39.9 Å². The molecule has 2 aliphatic rings. The average molecular weight is 599 g/mol. The lowest BCUT2D eigenvalue weighted by molar-refractivity contribution is -0.133. The number of nitrogens with one attached hydrogen (secondary N) is 1. The molecule has 0 spiro atoms. The largest absolute Gasteiger partial charge is 0.496 e. The van der Waals surface area contributed by atoms with Gasteiger partial charge in [-0.15, -0.1) is 0 Å². The summed E-state index contributed by atoms with van der Waals surface area (Å²) in [7, 11) is 1.57. The molecule has 204 valence electrons. The third-order valence-corrected chi connectivity index (χ3v) is 8.23. The van der Waals surface area contributed by atoms with Gasteiger partial charge in [-0.3, -0.25) is 14.6 Å². The third kappa shape index (κ3) is 4.73. The molecule has 3 unspecified atom stereocenters. The van der Waals surface area contributed by atoms with Crippen molar-refractivity contribution >= 4 is 27.8 Å². The normalized spacial score (nSPS) is 21.5. The van der Waals surface area contributed by atoms with Crippen LogP contribution >= 0.6 is 15.9 Å². The standard InChI is InChI=1S/C27H27BrN4O7/c1-13-8-16(9-14(2)22(13)38-17-4-5-19(37-3)18(28)11-17)32-26(36)30-23(33)21(31-32)24(34)39-20-10-15-6-7-27(20,12-15)25(29)35/h4-5,8-9,11,15,20H,6-7,10,12H2,1-3H3,(H2,29,35)(H,30,33,36). The van der Waals surface area contributed by atoms with Crippen molar-refractivity contribution < 1.29 is 23.8 Å². The van der Waals surface area contributed by atoms with E-state index in [-0.39, 0.29) is 5.92 Å². The van der Waals surface area contributed by atoms with Crippen molar-refractivity contribution in [3.63, 3.8) is 0 Å². The molecule has 0 saturated heterocycles. The highest BCUT2D eigenvalue weighted by Crippen LogP contribution is 2.55. The zero-order valence-corrected chi connectivity index (χ0v) is 23.2. The first-order chi connectivity index (χ1) is 18.5. The van der Waals surface area contributed by atoms with Gasteiger partial charge in [-0.05, 0) is 103 Å². The first-order valence-corrected chi connectivity index (χ1v) is 13.2. The number of fused-ring (bicyclic) bond motifs is 2. The fourth-order valence-electron chi connectivity index (χ4n) is 5.68. The van der Waals surface area contributed by atoms with Gasteiger partial charge in [-0.25, -0.2) is 9.59 Å². The Morgan fingerprint density at radius 3 is 2.51 bits per heavy atom. The summed E-state index contributed by atoms with van der Waals surface area (Å²) in [6, 6.07) is 8.61. The molecule has 2 saturated carbocycles. The monoisotopic (exact) mass is 598 g/mol. The van der Waals surface area contributed by atoms with Crippen LogP contribution in [0, 0.1) is 25.2 Å². The molecule has 3 atom stereocenters. The lowest BCUT2D eigenvalue weighted by Crippen LogP contribution is -2.45. The minimum atomic E-state index is -1.01. The molecule has 12 heteroatoms. The van der Waals surface area contributed by atoms with Gasteiger partial charge in [0, 0.05) is 0 Å². The van der Waals surface area contributed by atoms with Gasteiger partial charge in [0.1, 0.15) is 23.4 Å². The number of carbonyl (C=O) groups excluding carboxylic acids is 2. The number of aromatic amines is 1. The molecule has 11 nitrogen and oxygen atoms in total. The summed E-state index contributed by atoms with van der Waals surface area (Å²) in [5.41, 5.74) is 4.03. The minimum Gasteiger partial charge on any atom is -0.496 e. The quantitative estimate of drug-likeness (QED) is 0.392. The van der Waals surface area contributed by atoms with Crippen molar-refractivity contribution in [1.82, 2.24) is 14.8 Å². The number of rotatable bonds is 7. The number of nitrogens with zero attached hydrogens (tertiary/aromatic N) is 2. The van der Waals surface area contributed by atoms with Crippen LogP contribution in [0.25, 0.3) is 5.69 Å². The van der Waals surface area contributed by atoms with Crippen LogP contribution in [-0.2, 0) is 9.53 Å². The number of hydrogen-bond acceptors (Lipinski definition) is 8. The molecular weight excluding hydrogens is 572 g/mol. The highest BCUT2D eigenvalue weighted by Gasteiger charge is 2.58. The molecule has 39 heavy (non-hydrogen) atoms. The van der Waals surface area contributed by atoms with Crippen molar-refractivity contribution in [2.75, 3.05) is 7.11 Å².